The van der Waals surface area contributed by atoms with Crippen molar-refractivity contribution in [1.29, 1.82) is 0 Å². The first-order valence-electron chi connectivity index (χ1n) is 4.57. The van der Waals surface area contributed by atoms with Crippen LogP contribution in [0.3, 0.4) is 0 Å². The second kappa shape index (κ2) is 4.80. The molecule has 0 N–H and O–H groups in total. The van der Waals surface area contributed by atoms with Crippen molar-refractivity contribution >= 4 is 0 Å². The summed E-state index contributed by atoms with van der Waals surface area (Å²) in [4.78, 5) is 2.17. The number of nitrogens with zero attached hydrogens (tertiary/aromatic N) is 1. The molecule has 0 amide bonds. The number of allylic oxidation sites excluding steroid dienone is 1. The van der Waals surface area contributed by atoms with Crippen LogP contribution < -0.4 is 0 Å². The van der Waals surface area contributed by atoms with Crippen molar-refractivity contribution in [2.45, 2.75) is 13.3 Å². The summed E-state index contributed by atoms with van der Waals surface area (Å²) in [5.41, 5.74) is 0. The lowest BCUT2D eigenvalue weighted by Gasteiger charge is -2.27. The highest BCUT2D eigenvalue weighted by molar-refractivity contribution is 5.20. The molecule has 13 heavy (non-hydrogen) atoms. The lowest BCUT2D eigenvalue weighted by atomic mass is 10.3. The summed E-state index contributed by atoms with van der Waals surface area (Å²) in [6, 6.07) is 0. The molecule has 1 heterocycles. The molecular weight excluding hydrogens is 166 g/mol. The van der Waals surface area contributed by atoms with Gasteiger partial charge < -0.3 is 14.4 Å². The number of hydrogen-bond donors (Lipinski definition) is 0. The van der Waals surface area contributed by atoms with E-state index in [0.717, 1.165) is 31.2 Å². The van der Waals surface area contributed by atoms with Crippen LogP contribution in [0.15, 0.2) is 23.8 Å². The minimum Gasteiger partial charge on any atom is -0.491 e. The van der Waals surface area contributed by atoms with Crippen molar-refractivity contribution < 1.29 is 9.47 Å². The predicted octanol–water partition coefficient (Wildman–Crippen LogP) is 1.73. The van der Waals surface area contributed by atoms with E-state index in [1.807, 2.05) is 6.08 Å². The average Bonchev–Trinajstić information content (AvgIpc) is 2.18. The number of methoxy groups -OCH3 is 2. The van der Waals surface area contributed by atoms with Gasteiger partial charge in [-0.15, -0.1) is 0 Å². The van der Waals surface area contributed by atoms with E-state index in [1.165, 1.54) is 0 Å². The lowest BCUT2D eigenvalue weighted by Crippen LogP contribution is -2.28. The Labute approximate surface area is 79.6 Å². The first-order chi connectivity index (χ1) is 6.33. The average molecular weight is 183 g/mol. The van der Waals surface area contributed by atoms with E-state index in [1.54, 1.807) is 14.2 Å². The topological polar surface area (TPSA) is 21.7 Å². The van der Waals surface area contributed by atoms with Crippen LogP contribution in [0.5, 0.6) is 0 Å². The molecular formula is C10H17NO2. The van der Waals surface area contributed by atoms with Gasteiger partial charge in [-0.25, -0.2) is 0 Å². The Hall–Kier alpha value is -1.12. The van der Waals surface area contributed by atoms with Crippen molar-refractivity contribution in [3.05, 3.63) is 23.8 Å². The highest BCUT2D eigenvalue weighted by Crippen LogP contribution is 2.17. The maximum Gasteiger partial charge on any atom is 0.233 e. The molecule has 0 saturated carbocycles. The summed E-state index contributed by atoms with van der Waals surface area (Å²) >= 11 is 0. The van der Waals surface area contributed by atoms with E-state index in [0.29, 0.717) is 0 Å². The highest BCUT2D eigenvalue weighted by Gasteiger charge is 2.16. The Kier molecular flexibility index (Phi) is 3.68. The first-order valence-corrected chi connectivity index (χ1v) is 4.57. The molecule has 0 bridgehead atoms. The zero-order chi connectivity index (χ0) is 9.68. The molecule has 74 valence electrons. The molecule has 0 aromatic rings. The molecule has 3 nitrogen and oxygen atoms in total. The molecule has 0 aliphatic carbocycles. The molecule has 1 aliphatic heterocycles. The third-order valence-electron chi connectivity index (χ3n) is 2.00. The molecule has 0 aromatic heterocycles. The van der Waals surface area contributed by atoms with E-state index >= 15 is 0 Å². The molecule has 0 fully saturated rings. The van der Waals surface area contributed by atoms with Crippen LogP contribution in [0, 0.1) is 0 Å². The van der Waals surface area contributed by atoms with Gasteiger partial charge in [0.25, 0.3) is 0 Å². The summed E-state index contributed by atoms with van der Waals surface area (Å²) in [5, 5.41) is 0. The quantitative estimate of drug-likeness (QED) is 0.662. The van der Waals surface area contributed by atoms with Gasteiger partial charge >= 0.3 is 0 Å². The van der Waals surface area contributed by atoms with Crippen LogP contribution in [0.1, 0.15) is 13.3 Å². The molecule has 0 spiro atoms. The van der Waals surface area contributed by atoms with E-state index in [9.17, 15) is 0 Å². The van der Waals surface area contributed by atoms with Crippen LogP contribution >= 0.6 is 0 Å². The van der Waals surface area contributed by atoms with Gasteiger partial charge in [0.15, 0.2) is 5.76 Å². The predicted molar refractivity (Wildman–Crippen MR) is 52.0 cm³/mol. The van der Waals surface area contributed by atoms with Crippen LogP contribution in [0.25, 0.3) is 0 Å². The van der Waals surface area contributed by atoms with Crippen molar-refractivity contribution in [2.75, 3.05) is 27.3 Å². The van der Waals surface area contributed by atoms with Gasteiger partial charge in [-0.05, 0) is 12.5 Å². The van der Waals surface area contributed by atoms with Gasteiger partial charge in [-0.2, -0.15) is 0 Å². The van der Waals surface area contributed by atoms with Gasteiger partial charge in [-0.3, -0.25) is 0 Å². The smallest absolute Gasteiger partial charge is 0.233 e. The third-order valence-corrected chi connectivity index (χ3v) is 2.00. The molecule has 3 heteroatoms. The van der Waals surface area contributed by atoms with Crippen LogP contribution in [-0.4, -0.2) is 32.2 Å². The van der Waals surface area contributed by atoms with Gasteiger partial charge in [0.1, 0.15) is 0 Å². The summed E-state index contributed by atoms with van der Waals surface area (Å²) < 4.78 is 10.5. The summed E-state index contributed by atoms with van der Waals surface area (Å²) in [5.74, 6) is 1.65. The van der Waals surface area contributed by atoms with Gasteiger partial charge in [-0.1, -0.05) is 13.0 Å². The van der Waals surface area contributed by atoms with Crippen molar-refractivity contribution in [1.82, 2.24) is 4.90 Å². The van der Waals surface area contributed by atoms with Crippen molar-refractivity contribution in [2.24, 2.45) is 0 Å². The Morgan fingerprint density at radius 1 is 1.38 bits per heavy atom. The molecule has 0 saturated heterocycles. The first kappa shape index (κ1) is 9.96. The van der Waals surface area contributed by atoms with Gasteiger partial charge in [0.2, 0.25) is 5.88 Å². The number of ether oxygens (including phenoxy) is 2. The van der Waals surface area contributed by atoms with Crippen LogP contribution in [0.2, 0.25) is 0 Å². The summed E-state index contributed by atoms with van der Waals surface area (Å²) in [6.45, 7) is 4.06. The third kappa shape index (κ3) is 2.17. The fraction of sp³-hybridized carbons (Fsp3) is 0.600. The van der Waals surface area contributed by atoms with Crippen molar-refractivity contribution in [3.63, 3.8) is 0 Å². The zero-order valence-corrected chi connectivity index (χ0v) is 8.54. The van der Waals surface area contributed by atoms with E-state index in [2.05, 4.69) is 17.9 Å². The Bertz CT molecular complexity index is 221. The SMILES string of the molecule is CCCN1CC=CC(OC)=C1OC. The van der Waals surface area contributed by atoms with Gasteiger partial charge in [0.05, 0.1) is 14.2 Å². The number of hydrogen-bond acceptors (Lipinski definition) is 3. The zero-order valence-electron chi connectivity index (χ0n) is 8.54. The normalized spacial score (nSPS) is 16.4. The molecule has 0 unspecified atom stereocenters. The molecule has 0 atom stereocenters. The monoisotopic (exact) mass is 183 g/mol. The van der Waals surface area contributed by atoms with E-state index < -0.39 is 0 Å². The Balaban J connectivity index is 2.78. The highest BCUT2D eigenvalue weighted by atomic mass is 16.5. The van der Waals surface area contributed by atoms with E-state index in [4.69, 9.17) is 9.47 Å². The van der Waals surface area contributed by atoms with Crippen LogP contribution in [-0.2, 0) is 9.47 Å². The standard InChI is InChI=1S/C10H17NO2/c1-4-7-11-8-5-6-9(12-2)10(11)13-3/h5-6H,4,7-8H2,1-3H3. The fourth-order valence-electron chi connectivity index (χ4n) is 1.44. The summed E-state index contributed by atoms with van der Waals surface area (Å²) in [7, 11) is 3.34. The van der Waals surface area contributed by atoms with Gasteiger partial charge in [0, 0.05) is 13.1 Å². The van der Waals surface area contributed by atoms with E-state index in [-0.39, 0.29) is 0 Å². The van der Waals surface area contributed by atoms with Crippen molar-refractivity contribution in [3.8, 4) is 0 Å². The second-order valence-corrected chi connectivity index (χ2v) is 2.93. The molecule has 1 aliphatic rings. The van der Waals surface area contributed by atoms with Crippen LogP contribution in [0.4, 0.5) is 0 Å². The maximum absolute atomic E-state index is 5.29. The molecule has 0 radical (unpaired) electrons. The minimum atomic E-state index is 0.808. The Morgan fingerprint density at radius 2 is 2.15 bits per heavy atom. The number of rotatable bonds is 4. The summed E-state index contributed by atoms with van der Waals surface area (Å²) in [6.07, 6.45) is 5.14. The lowest BCUT2D eigenvalue weighted by molar-refractivity contribution is 0.128. The Morgan fingerprint density at radius 3 is 2.69 bits per heavy atom. The fourth-order valence-corrected chi connectivity index (χ4v) is 1.44. The maximum atomic E-state index is 5.29. The second-order valence-electron chi connectivity index (χ2n) is 2.93. The minimum absolute atomic E-state index is 0.808. The molecule has 0 aromatic carbocycles. The largest absolute Gasteiger partial charge is 0.491 e. The molecule has 1 rings (SSSR count).